The third kappa shape index (κ3) is 23.7. The molecule has 124 valence electrons. The molecule has 0 radical (unpaired) electrons. The van der Waals surface area contributed by atoms with Gasteiger partial charge < -0.3 is 14.9 Å². The summed E-state index contributed by atoms with van der Waals surface area (Å²) in [5.41, 5.74) is 0. The molecule has 0 aliphatic heterocycles. The molecular weight excluding hydrogens is 286 g/mol. The number of aliphatic hydroxyl groups is 1. The Labute approximate surface area is 123 Å². The maximum atomic E-state index is 10.5. The van der Waals surface area contributed by atoms with Gasteiger partial charge in [0.05, 0.1) is 13.2 Å². The van der Waals surface area contributed by atoms with Crippen molar-refractivity contribution in [3.8, 4) is 0 Å². The van der Waals surface area contributed by atoms with E-state index in [1.807, 2.05) is 0 Å². The Bertz CT molecular complexity index is 289. The van der Waals surface area contributed by atoms with Crippen molar-refractivity contribution in [1.82, 2.24) is 0 Å². The van der Waals surface area contributed by atoms with Gasteiger partial charge in [-0.1, -0.05) is 13.3 Å². The Morgan fingerprint density at radius 1 is 1.14 bits per heavy atom. The maximum absolute atomic E-state index is 10.5. The molecule has 0 saturated carbocycles. The number of rotatable bonds is 11. The van der Waals surface area contributed by atoms with Crippen LogP contribution < -0.4 is 0 Å². The van der Waals surface area contributed by atoms with Gasteiger partial charge >= 0.3 is 17.0 Å². The van der Waals surface area contributed by atoms with Gasteiger partial charge in [0.25, 0.3) is 0 Å². The molecule has 0 aromatic carbocycles. The first-order valence-electron chi connectivity index (χ1n) is 6.69. The van der Waals surface area contributed by atoms with Crippen molar-refractivity contribution in [2.24, 2.45) is 0 Å². The minimum Gasteiger partial charge on any atom is -0.481 e. The summed E-state index contributed by atoms with van der Waals surface area (Å²) in [6.07, 6.45) is 2.66. The number of carboxylic acid groups (broad SMARTS) is 1. The smallest absolute Gasteiger partial charge is 0.303 e. The van der Waals surface area contributed by atoms with Gasteiger partial charge in [-0.05, 0) is 19.3 Å². The summed E-state index contributed by atoms with van der Waals surface area (Å²) in [4.78, 5) is 33.7. The molecule has 9 heteroatoms. The molecule has 0 amide bonds. The van der Waals surface area contributed by atoms with Gasteiger partial charge in [0, 0.05) is 19.4 Å². The molecule has 9 nitrogen and oxygen atoms in total. The summed E-state index contributed by atoms with van der Waals surface area (Å²) in [6, 6.07) is 0. The molecule has 0 aliphatic carbocycles. The molecule has 0 heterocycles. The molecule has 0 spiro atoms. The Morgan fingerprint density at radius 3 is 2.24 bits per heavy atom. The van der Waals surface area contributed by atoms with E-state index in [4.69, 9.17) is 14.9 Å². The zero-order valence-corrected chi connectivity index (χ0v) is 12.2. The standard InChI is InChI=1S/C6H9NO6.C6H14O2/c8-5(9)3-1-2-4-6(10)13-7(11)12;1-2-3-5-8-6-4-7/h1-4H2,(H,8,9);7H,2-6H2,1H3. The summed E-state index contributed by atoms with van der Waals surface area (Å²) in [5, 5.41) is 24.9. The van der Waals surface area contributed by atoms with E-state index in [0.717, 1.165) is 19.4 Å². The molecule has 0 bridgehead atoms. The van der Waals surface area contributed by atoms with Crippen molar-refractivity contribution >= 4 is 11.9 Å². The molecule has 0 fully saturated rings. The topological polar surface area (TPSA) is 136 Å². The van der Waals surface area contributed by atoms with Crippen LogP contribution in [0.1, 0.15) is 45.4 Å². The molecular formula is C12H23NO8. The SMILES string of the molecule is CCCCOCCO.O=C(O)CCCCC(=O)O[N+](=O)[O-]. The number of carbonyl (C=O) groups is 2. The highest BCUT2D eigenvalue weighted by molar-refractivity contribution is 5.69. The molecule has 0 aromatic rings. The highest BCUT2D eigenvalue weighted by Gasteiger charge is 2.07. The fraction of sp³-hybridized carbons (Fsp3) is 0.833. The Kier molecular flexibility index (Phi) is 16.7. The number of carboxylic acids is 1. The monoisotopic (exact) mass is 309 g/mol. The van der Waals surface area contributed by atoms with Crippen molar-refractivity contribution in [2.45, 2.75) is 45.4 Å². The molecule has 0 aliphatic rings. The zero-order chi connectivity index (χ0) is 16.5. The number of hydrogen-bond donors (Lipinski definition) is 2. The summed E-state index contributed by atoms with van der Waals surface area (Å²) < 4.78 is 4.97. The van der Waals surface area contributed by atoms with E-state index in [0.29, 0.717) is 13.0 Å². The summed E-state index contributed by atoms with van der Waals surface area (Å²) in [7, 11) is 0. The van der Waals surface area contributed by atoms with Gasteiger partial charge in [0.2, 0.25) is 0 Å². The maximum Gasteiger partial charge on any atom is 0.303 e. The molecule has 21 heavy (non-hydrogen) atoms. The highest BCUT2D eigenvalue weighted by atomic mass is 17.0. The predicted octanol–water partition coefficient (Wildman–Crippen LogP) is 1.16. The van der Waals surface area contributed by atoms with Gasteiger partial charge in [0.15, 0.2) is 0 Å². The third-order valence-electron chi connectivity index (χ3n) is 2.08. The van der Waals surface area contributed by atoms with E-state index >= 15 is 0 Å². The van der Waals surface area contributed by atoms with Gasteiger partial charge in [0.1, 0.15) is 0 Å². The van der Waals surface area contributed by atoms with Crippen LogP contribution in [0.4, 0.5) is 0 Å². The lowest BCUT2D eigenvalue weighted by Gasteiger charge is -1.97. The zero-order valence-electron chi connectivity index (χ0n) is 12.2. The quantitative estimate of drug-likeness (QED) is 0.329. The Morgan fingerprint density at radius 2 is 1.76 bits per heavy atom. The van der Waals surface area contributed by atoms with Crippen LogP contribution in [0.25, 0.3) is 0 Å². The van der Waals surface area contributed by atoms with Crippen LogP contribution in [-0.4, -0.2) is 47.1 Å². The number of nitrogens with zero attached hydrogens (tertiary/aromatic N) is 1. The van der Waals surface area contributed by atoms with Crippen LogP contribution in [0, 0.1) is 10.1 Å². The fourth-order valence-electron chi connectivity index (χ4n) is 1.09. The minimum atomic E-state index is -1.18. The molecule has 0 rings (SSSR count). The molecule has 2 N–H and O–H groups in total. The van der Waals surface area contributed by atoms with Gasteiger partial charge in [-0.15, -0.1) is 10.1 Å². The number of unbranched alkanes of at least 4 members (excludes halogenated alkanes) is 2. The van der Waals surface area contributed by atoms with Gasteiger partial charge in [-0.3, -0.25) is 9.59 Å². The average molecular weight is 309 g/mol. The van der Waals surface area contributed by atoms with Crippen LogP contribution in [0.3, 0.4) is 0 Å². The van der Waals surface area contributed by atoms with E-state index in [-0.39, 0.29) is 25.9 Å². The third-order valence-corrected chi connectivity index (χ3v) is 2.08. The number of hydrogen-bond acceptors (Lipinski definition) is 7. The van der Waals surface area contributed by atoms with Crippen LogP contribution in [-0.2, 0) is 19.2 Å². The van der Waals surface area contributed by atoms with Crippen molar-refractivity contribution in [1.29, 1.82) is 0 Å². The molecule has 0 atom stereocenters. The first-order valence-corrected chi connectivity index (χ1v) is 6.69. The first-order chi connectivity index (χ1) is 9.93. The van der Waals surface area contributed by atoms with Gasteiger partial charge in [-0.25, -0.2) is 4.84 Å². The van der Waals surface area contributed by atoms with Crippen LogP contribution in [0.15, 0.2) is 0 Å². The second-order valence-corrected chi connectivity index (χ2v) is 3.98. The average Bonchev–Trinajstić information content (AvgIpc) is 2.40. The molecule has 0 aromatic heterocycles. The van der Waals surface area contributed by atoms with E-state index in [1.54, 1.807) is 0 Å². The fourth-order valence-corrected chi connectivity index (χ4v) is 1.09. The van der Waals surface area contributed by atoms with Crippen LogP contribution in [0.5, 0.6) is 0 Å². The van der Waals surface area contributed by atoms with Crippen molar-refractivity contribution < 1.29 is 34.5 Å². The van der Waals surface area contributed by atoms with Crippen LogP contribution >= 0.6 is 0 Å². The van der Waals surface area contributed by atoms with E-state index in [1.165, 1.54) is 0 Å². The summed E-state index contributed by atoms with van der Waals surface area (Å²) in [5.74, 6) is -1.90. The predicted molar refractivity (Wildman–Crippen MR) is 72.0 cm³/mol. The highest BCUT2D eigenvalue weighted by Crippen LogP contribution is 2.01. The van der Waals surface area contributed by atoms with Crippen molar-refractivity contribution in [3.05, 3.63) is 10.1 Å². The lowest BCUT2D eigenvalue weighted by atomic mass is 10.2. The first kappa shape index (κ1) is 21.6. The van der Waals surface area contributed by atoms with Crippen molar-refractivity contribution in [3.63, 3.8) is 0 Å². The molecule has 0 saturated heterocycles. The second kappa shape index (κ2) is 16.3. The van der Waals surface area contributed by atoms with E-state index < -0.39 is 17.0 Å². The summed E-state index contributed by atoms with van der Waals surface area (Å²) >= 11 is 0. The lowest BCUT2D eigenvalue weighted by molar-refractivity contribution is -0.729. The van der Waals surface area contributed by atoms with Crippen molar-refractivity contribution in [2.75, 3.05) is 19.8 Å². The minimum absolute atomic E-state index is 0.0499. The Balaban J connectivity index is 0. The lowest BCUT2D eigenvalue weighted by Crippen LogP contribution is -2.09. The largest absolute Gasteiger partial charge is 0.481 e. The summed E-state index contributed by atoms with van der Waals surface area (Å²) in [6.45, 7) is 3.53. The number of carbonyl (C=O) groups excluding carboxylic acids is 1. The van der Waals surface area contributed by atoms with Gasteiger partial charge in [-0.2, -0.15) is 0 Å². The normalized spacial score (nSPS) is 9.43. The number of ether oxygens (including phenoxy) is 1. The number of aliphatic carboxylic acids is 1. The van der Waals surface area contributed by atoms with E-state index in [9.17, 15) is 19.7 Å². The van der Waals surface area contributed by atoms with Crippen LogP contribution in [0.2, 0.25) is 0 Å². The van der Waals surface area contributed by atoms with E-state index in [2.05, 4.69) is 11.8 Å². The number of aliphatic hydroxyl groups excluding tert-OH is 1. The molecule has 0 unspecified atom stereocenters. The Hall–Kier alpha value is -1.74. The second-order valence-electron chi connectivity index (χ2n) is 3.98.